The lowest BCUT2D eigenvalue weighted by atomic mass is 9.91. The first-order chi connectivity index (χ1) is 7.22. The van der Waals surface area contributed by atoms with Crippen LogP contribution in [0.4, 0.5) is 0 Å². The lowest BCUT2D eigenvalue weighted by Crippen LogP contribution is -2.27. The van der Waals surface area contributed by atoms with Gasteiger partial charge in [-0.3, -0.25) is 0 Å². The zero-order chi connectivity index (χ0) is 11.3. The summed E-state index contributed by atoms with van der Waals surface area (Å²) < 4.78 is 0. The van der Waals surface area contributed by atoms with Gasteiger partial charge in [-0.15, -0.1) is 0 Å². The number of benzene rings is 1. The van der Waals surface area contributed by atoms with Crippen LogP contribution in [-0.2, 0) is 0 Å². The Morgan fingerprint density at radius 3 is 2.27 bits per heavy atom. The van der Waals surface area contributed by atoms with Crippen molar-refractivity contribution in [2.75, 3.05) is 13.7 Å². The molecule has 0 aliphatic rings. The van der Waals surface area contributed by atoms with Gasteiger partial charge in [0.25, 0.3) is 0 Å². The molecule has 0 radical (unpaired) electrons. The average Bonchev–Trinajstić information content (AvgIpc) is 2.27. The van der Waals surface area contributed by atoms with Gasteiger partial charge in [-0.25, -0.2) is 0 Å². The van der Waals surface area contributed by atoms with Gasteiger partial charge in [0.15, 0.2) is 0 Å². The highest BCUT2D eigenvalue weighted by Gasteiger charge is 2.18. The highest BCUT2D eigenvalue weighted by atomic mass is 16.3. The second-order valence-corrected chi connectivity index (χ2v) is 4.03. The fraction of sp³-hybridized carbons (Fsp3) is 0.538. The van der Waals surface area contributed by atoms with Gasteiger partial charge in [0.05, 0.1) is 0 Å². The smallest absolute Gasteiger partial charge is 0.0477 e. The molecule has 2 N–H and O–H groups in total. The Morgan fingerprint density at radius 1 is 1.27 bits per heavy atom. The summed E-state index contributed by atoms with van der Waals surface area (Å²) in [6.45, 7) is 4.43. The Kier molecular flexibility index (Phi) is 4.79. The number of rotatable bonds is 5. The van der Waals surface area contributed by atoms with Crippen LogP contribution in [-0.4, -0.2) is 18.8 Å². The summed E-state index contributed by atoms with van der Waals surface area (Å²) in [5.74, 6) is 0.290. The van der Waals surface area contributed by atoms with E-state index in [1.807, 2.05) is 7.05 Å². The predicted octanol–water partition coefficient (Wildman–Crippen LogP) is 2.27. The summed E-state index contributed by atoms with van der Waals surface area (Å²) in [5, 5.41) is 12.6. The quantitative estimate of drug-likeness (QED) is 0.776. The van der Waals surface area contributed by atoms with Gasteiger partial charge in [0.2, 0.25) is 0 Å². The van der Waals surface area contributed by atoms with Crippen LogP contribution in [0, 0.1) is 12.8 Å². The molecule has 2 nitrogen and oxygen atoms in total. The molecule has 0 amide bonds. The van der Waals surface area contributed by atoms with Crippen molar-refractivity contribution in [1.82, 2.24) is 5.32 Å². The van der Waals surface area contributed by atoms with E-state index in [1.165, 1.54) is 11.1 Å². The Bertz CT molecular complexity index is 277. The molecule has 0 aliphatic heterocycles. The van der Waals surface area contributed by atoms with Crippen LogP contribution in [0.15, 0.2) is 24.3 Å². The van der Waals surface area contributed by atoms with Crippen molar-refractivity contribution in [2.24, 2.45) is 5.92 Å². The molecule has 15 heavy (non-hydrogen) atoms. The average molecular weight is 207 g/mol. The van der Waals surface area contributed by atoms with Gasteiger partial charge in [-0.05, 0) is 26.0 Å². The maximum atomic E-state index is 9.30. The fourth-order valence-electron chi connectivity index (χ4n) is 1.92. The first kappa shape index (κ1) is 12.2. The fourth-order valence-corrected chi connectivity index (χ4v) is 1.92. The minimum Gasteiger partial charge on any atom is -0.396 e. The van der Waals surface area contributed by atoms with E-state index in [-0.39, 0.29) is 18.6 Å². The zero-order valence-electron chi connectivity index (χ0n) is 9.83. The Hall–Kier alpha value is -0.860. The number of hydrogen-bond donors (Lipinski definition) is 2. The Balaban J connectivity index is 2.86. The van der Waals surface area contributed by atoms with Crippen LogP contribution in [0.2, 0.25) is 0 Å². The predicted molar refractivity (Wildman–Crippen MR) is 63.8 cm³/mol. The van der Waals surface area contributed by atoms with Crippen molar-refractivity contribution in [2.45, 2.75) is 26.3 Å². The lowest BCUT2D eigenvalue weighted by molar-refractivity contribution is 0.189. The van der Waals surface area contributed by atoms with Crippen LogP contribution in [0.25, 0.3) is 0 Å². The van der Waals surface area contributed by atoms with Crippen molar-refractivity contribution in [3.8, 4) is 0 Å². The normalized spacial score (nSPS) is 14.9. The summed E-state index contributed by atoms with van der Waals surface area (Å²) >= 11 is 0. The third-order valence-corrected chi connectivity index (χ3v) is 2.98. The first-order valence-electron chi connectivity index (χ1n) is 5.57. The summed E-state index contributed by atoms with van der Waals surface area (Å²) in [6.07, 6.45) is 0.982. The molecule has 0 spiro atoms. The summed E-state index contributed by atoms with van der Waals surface area (Å²) in [4.78, 5) is 0. The SMILES string of the molecule is CCC(CO)C(NC)c1ccc(C)cc1. The summed E-state index contributed by atoms with van der Waals surface area (Å²) in [5.41, 5.74) is 2.52. The highest BCUT2D eigenvalue weighted by Crippen LogP contribution is 2.24. The van der Waals surface area contributed by atoms with E-state index in [0.717, 1.165) is 6.42 Å². The minimum absolute atomic E-state index is 0.232. The molecular formula is C13H21NO. The molecule has 2 atom stereocenters. The molecule has 0 bridgehead atoms. The minimum atomic E-state index is 0.232. The second kappa shape index (κ2) is 5.89. The summed E-state index contributed by atoms with van der Waals surface area (Å²) in [6, 6.07) is 8.75. The molecule has 2 unspecified atom stereocenters. The largest absolute Gasteiger partial charge is 0.396 e. The monoisotopic (exact) mass is 207 g/mol. The standard InChI is InChI=1S/C13H21NO/c1-4-11(9-15)13(14-3)12-7-5-10(2)6-8-12/h5-8,11,13-15H,4,9H2,1-3H3. The van der Waals surface area contributed by atoms with Crippen LogP contribution in [0.5, 0.6) is 0 Å². The zero-order valence-corrected chi connectivity index (χ0v) is 9.83. The number of hydrogen-bond acceptors (Lipinski definition) is 2. The molecule has 2 heteroatoms. The number of nitrogens with one attached hydrogen (secondary N) is 1. The van der Waals surface area contributed by atoms with Crippen molar-refractivity contribution in [3.05, 3.63) is 35.4 Å². The Labute approximate surface area is 92.3 Å². The molecule has 0 aliphatic carbocycles. The first-order valence-corrected chi connectivity index (χ1v) is 5.57. The molecule has 0 heterocycles. The van der Waals surface area contributed by atoms with E-state index >= 15 is 0 Å². The molecule has 0 saturated carbocycles. The van der Waals surface area contributed by atoms with Crippen molar-refractivity contribution >= 4 is 0 Å². The molecule has 84 valence electrons. The van der Waals surface area contributed by atoms with Gasteiger partial charge in [-0.2, -0.15) is 0 Å². The third-order valence-electron chi connectivity index (χ3n) is 2.98. The lowest BCUT2D eigenvalue weighted by Gasteiger charge is -2.24. The third kappa shape index (κ3) is 3.05. The second-order valence-electron chi connectivity index (χ2n) is 4.03. The number of aryl methyl sites for hydroxylation is 1. The van der Waals surface area contributed by atoms with Crippen molar-refractivity contribution in [3.63, 3.8) is 0 Å². The topological polar surface area (TPSA) is 32.3 Å². The summed E-state index contributed by atoms with van der Waals surface area (Å²) in [7, 11) is 1.95. The number of aliphatic hydroxyl groups excluding tert-OH is 1. The van der Waals surface area contributed by atoms with Crippen LogP contribution < -0.4 is 5.32 Å². The van der Waals surface area contributed by atoms with Gasteiger partial charge >= 0.3 is 0 Å². The molecule has 1 rings (SSSR count). The Morgan fingerprint density at radius 2 is 1.87 bits per heavy atom. The van der Waals surface area contributed by atoms with E-state index in [0.29, 0.717) is 0 Å². The van der Waals surface area contributed by atoms with Crippen LogP contribution in [0.1, 0.15) is 30.5 Å². The van der Waals surface area contributed by atoms with Gasteiger partial charge < -0.3 is 10.4 Å². The maximum Gasteiger partial charge on any atom is 0.0477 e. The van der Waals surface area contributed by atoms with Crippen molar-refractivity contribution in [1.29, 1.82) is 0 Å². The molecule has 0 fully saturated rings. The van der Waals surface area contributed by atoms with Gasteiger partial charge in [-0.1, -0.05) is 36.8 Å². The van der Waals surface area contributed by atoms with Crippen LogP contribution >= 0.6 is 0 Å². The number of aliphatic hydroxyl groups is 1. The molecule has 0 saturated heterocycles. The molecule has 0 aromatic heterocycles. The van der Waals surface area contributed by atoms with E-state index in [1.54, 1.807) is 0 Å². The van der Waals surface area contributed by atoms with Gasteiger partial charge in [0.1, 0.15) is 0 Å². The van der Waals surface area contributed by atoms with E-state index in [2.05, 4.69) is 43.4 Å². The van der Waals surface area contributed by atoms with E-state index in [4.69, 9.17) is 0 Å². The highest BCUT2D eigenvalue weighted by molar-refractivity contribution is 5.24. The van der Waals surface area contributed by atoms with E-state index in [9.17, 15) is 5.11 Å². The van der Waals surface area contributed by atoms with Crippen molar-refractivity contribution < 1.29 is 5.11 Å². The van der Waals surface area contributed by atoms with Crippen LogP contribution in [0.3, 0.4) is 0 Å². The van der Waals surface area contributed by atoms with Gasteiger partial charge in [0, 0.05) is 18.6 Å². The molecular weight excluding hydrogens is 186 g/mol. The molecule has 1 aromatic rings. The van der Waals surface area contributed by atoms with E-state index < -0.39 is 0 Å². The molecule has 1 aromatic carbocycles. The maximum absolute atomic E-state index is 9.30.